The van der Waals surface area contributed by atoms with Crippen LogP contribution in [0.15, 0.2) is 22.7 Å². The lowest BCUT2D eigenvalue weighted by atomic mass is 9.91. The van der Waals surface area contributed by atoms with Crippen LogP contribution in [0.3, 0.4) is 0 Å². The first-order valence-electron chi connectivity index (χ1n) is 6.30. The molecule has 2 atom stereocenters. The summed E-state index contributed by atoms with van der Waals surface area (Å²) in [5.41, 5.74) is 0.552. The number of hydrogen-bond acceptors (Lipinski definition) is 2. The molecule has 1 aromatic carbocycles. The number of piperidine rings is 1. The minimum absolute atomic E-state index is 0.0110. The zero-order valence-corrected chi connectivity index (χ0v) is 12.3. The van der Waals surface area contributed by atoms with Crippen LogP contribution in [-0.4, -0.2) is 28.5 Å². The van der Waals surface area contributed by atoms with E-state index in [1.54, 1.807) is 12.1 Å². The van der Waals surface area contributed by atoms with Crippen molar-refractivity contribution in [3.63, 3.8) is 0 Å². The number of likely N-dealkylation sites (tertiary alicyclic amines) is 1. The Labute approximate surface area is 116 Å². The highest BCUT2D eigenvalue weighted by molar-refractivity contribution is 9.10. The van der Waals surface area contributed by atoms with Crippen LogP contribution in [0.1, 0.15) is 37.0 Å². The highest BCUT2D eigenvalue weighted by Gasteiger charge is 2.29. The fraction of sp³-hybridized carbons (Fsp3) is 0.500. The number of carbonyl (C=O) groups is 1. The van der Waals surface area contributed by atoms with E-state index >= 15 is 0 Å². The molecular weight excluding hydrogens is 294 g/mol. The van der Waals surface area contributed by atoms with Crippen molar-refractivity contribution in [2.45, 2.75) is 32.7 Å². The fourth-order valence-corrected chi connectivity index (χ4v) is 2.68. The molecule has 0 aliphatic carbocycles. The average Bonchev–Trinajstić information content (AvgIpc) is 2.35. The van der Waals surface area contributed by atoms with Crippen molar-refractivity contribution < 1.29 is 9.90 Å². The van der Waals surface area contributed by atoms with Gasteiger partial charge in [-0.25, -0.2) is 0 Å². The van der Waals surface area contributed by atoms with Gasteiger partial charge in [0, 0.05) is 18.2 Å². The van der Waals surface area contributed by atoms with E-state index in [2.05, 4.69) is 29.8 Å². The molecule has 0 aromatic heterocycles. The highest BCUT2D eigenvalue weighted by Crippen LogP contribution is 2.28. The number of rotatable bonds is 1. The maximum Gasteiger partial charge on any atom is 0.254 e. The molecule has 1 heterocycles. The van der Waals surface area contributed by atoms with Gasteiger partial charge in [-0.1, -0.05) is 6.92 Å². The maximum absolute atomic E-state index is 12.4. The average molecular weight is 312 g/mol. The van der Waals surface area contributed by atoms with Crippen molar-refractivity contribution in [2.75, 3.05) is 6.54 Å². The van der Waals surface area contributed by atoms with Crippen molar-refractivity contribution in [1.82, 2.24) is 4.90 Å². The summed E-state index contributed by atoms with van der Waals surface area (Å²) in [6, 6.07) is 5.24. The molecule has 0 spiro atoms. The molecule has 1 saturated heterocycles. The van der Waals surface area contributed by atoms with Crippen molar-refractivity contribution in [2.24, 2.45) is 5.92 Å². The highest BCUT2D eigenvalue weighted by atomic mass is 79.9. The molecule has 2 rings (SSSR count). The van der Waals surface area contributed by atoms with E-state index in [0.29, 0.717) is 16.0 Å². The van der Waals surface area contributed by atoms with Crippen molar-refractivity contribution in [1.29, 1.82) is 0 Å². The van der Waals surface area contributed by atoms with E-state index in [9.17, 15) is 9.90 Å². The molecule has 0 radical (unpaired) electrons. The van der Waals surface area contributed by atoms with Gasteiger partial charge in [0.05, 0.1) is 4.47 Å². The molecule has 18 heavy (non-hydrogen) atoms. The van der Waals surface area contributed by atoms with E-state index in [0.717, 1.165) is 13.0 Å². The summed E-state index contributed by atoms with van der Waals surface area (Å²) in [4.78, 5) is 14.3. The fourth-order valence-electron chi connectivity index (χ4n) is 2.43. The normalized spacial score (nSPS) is 24.1. The number of amides is 1. The summed E-state index contributed by atoms with van der Waals surface area (Å²) in [6.45, 7) is 5.09. The second-order valence-corrected chi connectivity index (χ2v) is 5.88. The van der Waals surface area contributed by atoms with Crippen LogP contribution < -0.4 is 0 Å². The van der Waals surface area contributed by atoms with Gasteiger partial charge in [0.1, 0.15) is 5.75 Å². The van der Waals surface area contributed by atoms with Gasteiger partial charge >= 0.3 is 0 Å². The van der Waals surface area contributed by atoms with Gasteiger partial charge in [-0.3, -0.25) is 4.79 Å². The Morgan fingerprint density at radius 2 is 2.17 bits per heavy atom. The summed E-state index contributed by atoms with van der Waals surface area (Å²) in [5.74, 6) is 0.655. The van der Waals surface area contributed by atoms with Gasteiger partial charge in [0.25, 0.3) is 5.91 Å². The lowest BCUT2D eigenvalue weighted by molar-refractivity contribution is 0.0550. The number of nitrogens with zero attached hydrogens (tertiary/aromatic N) is 1. The Balaban J connectivity index is 2.22. The number of phenols is 1. The van der Waals surface area contributed by atoms with E-state index in [4.69, 9.17) is 0 Å². The monoisotopic (exact) mass is 311 g/mol. The molecule has 3 nitrogen and oxygen atoms in total. The number of benzene rings is 1. The van der Waals surface area contributed by atoms with Crippen LogP contribution in [0, 0.1) is 5.92 Å². The Morgan fingerprint density at radius 1 is 1.44 bits per heavy atom. The van der Waals surface area contributed by atoms with Crippen LogP contribution in [0.4, 0.5) is 0 Å². The Kier molecular flexibility index (Phi) is 3.95. The summed E-state index contributed by atoms with van der Waals surface area (Å²) in [5, 5.41) is 9.65. The Morgan fingerprint density at radius 3 is 2.83 bits per heavy atom. The van der Waals surface area contributed by atoms with Crippen molar-refractivity contribution in [3.8, 4) is 5.75 Å². The lowest BCUT2D eigenvalue weighted by Gasteiger charge is -2.38. The predicted molar refractivity (Wildman–Crippen MR) is 74.7 cm³/mol. The Hall–Kier alpha value is -1.03. The lowest BCUT2D eigenvalue weighted by Crippen LogP contribution is -2.46. The molecule has 1 amide bonds. The topological polar surface area (TPSA) is 40.5 Å². The third-order valence-corrected chi connectivity index (χ3v) is 4.50. The van der Waals surface area contributed by atoms with Gasteiger partial charge < -0.3 is 10.0 Å². The molecule has 98 valence electrons. The summed E-state index contributed by atoms with van der Waals surface area (Å²) < 4.78 is 0.610. The Bertz CT molecular complexity index is 461. The molecular formula is C14H18BrNO2. The molecule has 1 N–H and O–H groups in total. The van der Waals surface area contributed by atoms with E-state index in [1.165, 1.54) is 12.5 Å². The molecule has 4 heteroatoms. The number of hydrogen-bond donors (Lipinski definition) is 1. The molecule has 1 aromatic rings. The molecule has 1 aliphatic heterocycles. The number of aromatic hydroxyl groups is 1. The summed E-state index contributed by atoms with van der Waals surface area (Å²) in [6.07, 6.45) is 2.23. The van der Waals surface area contributed by atoms with Crippen LogP contribution in [-0.2, 0) is 0 Å². The third-order valence-electron chi connectivity index (χ3n) is 3.83. The van der Waals surface area contributed by atoms with Gasteiger partial charge in [0.2, 0.25) is 0 Å². The molecule has 2 unspecified atom stereocenters. The molecule has 1 aliphatic rings. The van der Waals surface area contributed by atoms with Crippen LogP contribution in [0.25, 0.3) is 0 Å². The number of carbonyl (C=O) groups excluding carboxylic acids is 1. The van der Waals surface area contributed by atoms with Crippen LogP contribution in [0.5, 0.6) is 5.75 Å². The predicted octanol–water partition coefficient (Wildman–Crippen LogP) is 3.42. The molecule has 0 saturated carbocycles. The second kappa shape index (κ2) is 5.31. The van der Waals surface area contributed by atoms with Crippen molar-refractivity contribution in [3.05, 3.63) is 28.2 Å². The minimum atomic E-state index is 0.0110. The largest absolute Gasteiger partial charge is 0.507 e. The maximum atomic E-state index is 12.4. The molecule has 0 bridgehead atoms. The third kappa shape index (κ3) is 2.53. The smallest absolute Gasteiger partial charge is 0.254 e. The zero-order chi connectivity index (χ0) is 13.3. The second-order valence-electron chi connectivity index (χ2n) is 5.02. The first-order valence-corrected chi connectivity index (χ1v) is 7.09. The van der Waals surface area contributed by atoms with E-state index in [1.807, 2.05) is 4.90 Å². The number of halogens is 1. The zero-order valence-electron chi connectivity index (χ0n) is 10.7. The first kappa shape index (κ1) is 13.4. The van der Waals surface area contributed by atoms with Crippen LogP contribution >= 0.6 is 15.9 Å². The quantitative estimate of drug-likeness (QED) is 0.863. The summed E-state index contributed by atoms with van der Waals surface area (Å²) >= 11 is 3.22. The number of phenolic OH excluding ortho intramolecular Hbond substituents is 1. The molecule has 1 fully saturated rings. The van der Waals surface area contributed by atoms with Gasteiger partial charge in [-0.05, 0) is 59.8 Å². The van der Waals surface area contributed by atoms with Crippen molar-refractivity contribution >= 4 is 21.8 Å². The summed E-state index contributed by atoms with van der Waals surface area (Å²) in [7, 11) is 0. The van der Waals surface area contributed by atoms with Gasteiger partial charge in [-0.2, -0.15) is 0 Å². The minimum Gasteiger partial charge on any atom is -0.507 e. The van der Waals surface area contributed by atoms with Gasteiger partial charge in [-0.15, -0.1) is 0 Å². The standard InChI is InChI=1S/C14H18BrNO2/c1-9-4-3-7-16(10(9)2)14(18)11-5-6-12(15)13(17)8-11/h5-6,8-10,17H,3-4,7H2,1-2H3. The van der Waals surface area contributed by atoms with Gasteiger partial charge in [0.15, 0.2) is 0 Å². The van der Waals surface area contributed by atoms with E-state index in [-0.39, 0.29) is 17.7 Å². The first-order chi connectivity index (χ1) is 8.50. The van der Waals surface area contributed by atoms with Crippen LogP contribution in [0.2, 0.25) is 0 Å². The SMILES string of the molecule is CC1CCCN(C(=O)c2ccc(Br)c(O)c2)C1C. The van der Waals surface area contributed by atoms with E-state index < -0.39 is 0 Å².